The van der Waals surface area contributed by atoms with Crippen LogP contribution in [0.25, 0.3) is 0 Å². The number of aliphatic hydroxyl groups is 1. The van der Waals surface area contributed by atoms with Crippen LogP contribution in [0, 0.1) is 5.92 Å². The van der Waals surface area contributed by atoms with E-state index in [0.29, 0.717) is 45.7 Å². The first kappa shape index (κ1) is 24.2. The standard InChI is InChI=1S/C15H36NO6PSi/c1-6-19-23(18,20-7-2)11-10-16-12-15(14(5)17)13-24(21-8-3)22-9-4/h14-17,24H,6-13H2,1-5H3. The summed E-state index contributed by atoms with van der Waals surface area (Å²) in [5, 5.41) is 13.2. The van der Waals surface area contributed by atoms with E-state index in [2.05, 4.69) is 5.32 Å². The molecule has 0 saturated carbocycles. The Bertz CT molecular complexity index is 332. The zero-order valence-electron chi connectivity index (χ0n) is 15.8. The van der Waals surface area contributed by atoms with Crippen LogP contribution in [0.15, 0.2) is 0 Å². The summed E-state index contributed by atoms with van der Waals surface area (Å²) in [5.74, 6) is 0.0401. The topological polar surface area (TPSA) is 86.3 Å². The fourth-order valence-corrected chi connectivity index (χ4v) is 6.04. The van der Waals surface area contributed by atoms with E-state index >= 15 is 0 Å². The summed E-state index contributed by atoms with van der Waals surface area (Å²) >= 11 is 0. The predicted octanol–water partition coefficient (Wildman–Crippen LogP) is 2.13. The highest BCUT2D eigenvalue weighted by atomic mass is 31.2. The lowest BCUT2D eigenvalue weighted by atomic mass is 10.1. The molecule has 2 unspecified atom stereocenters. The maximum atomic E-state index is 12.4. The van der Waals surface area contributed by atoms with Crippen LogP contribution in [0.1, 0.15) is 34.6 Å². The first-order chi connectivity index (χ1) is 11.4. The highest BCUT2D eigenvalue weighted by molar-refractivity contribution is 7.53. The molecule has 0 saturated heterocycles. The Labute approximate surface area is 148 Å². The van der Waals surface area contributed by atoms with Gasteiger partial charge < -0.3 is 28.3 Å². The Morgan fingerprint density at radius 3 is 2.00 bits per heavy atom. The normalized spacial score (nSPS) is 15.0. The summed E-state index contributed by atoms with van der Waals surface area (Å²) in [6.07, 6.45) is -0.141. The average Bonchev–Trinajstić information content (AvgIpc) is 2.51. The van der Waals surface area contributed by atoms with Crippen LogP contribution in [0.4, 0.5) is 0 Å². The highest BCUT2D eigenvalue weighted by Gasteiger charge is 2.25. The van der Waals surface area contributed by atoms with Crippen LogP contribution in [0.5, 0.6) is 0 Å². The van der Waals surface area contributed by atoms with Crippen molar-refractivity contribution in [2.75, 3.05) is 45.7 Å². The van der Waals surface area contributed by atoms with Crippen LogP contribution in [0.2, 0.25) is 6.04 Å². The van der Waals surface area contributed by atoms with Gasteiger partial charge in [-0.05, 0) is 46.6 Å². The first-order valence-electron chi connectivity index (χ1n) is 8.92. The van der Waals surface area contributed by atoms with Crippen LogP contribution in [-0.2, 0) is 22.5 Å². The van der Waals surface area contributed by atoms with Gasteiger partial charge in [0.15, 0.2) is 0 Å². The summed E-state index contributed by atoms with van der Waals surface area (Å²) in [6.45, 7) is 12.4. The number of nitrogens with one attached hydrogen (secondary N) is 1. The molecule has 0 rings (SSSR count). The summed E-state index contributed by atoms with van der Waals surface area (Å²) in [5.41, 5.74) is 0. The zero-order chi connectivity index (χ0) is 18.4. The van der Waals surface area contributed by atoms with Crippen molar-refractivity contribution in [1.82, 2.24) is 5.32 Å². The molecule has 0 amide bonds. The van der Waals surface area contributed by atoms with Crippen molar-refractivity contribution >= 4 is 16.9 Å². The van der Waals surface area contributed by atoms with Gasteiger partial charge in [-0.3, -0.25) is 4.57 Å². The molecule has 0 aromatic rings. The van der Waals surface area contributed by atoms with Gasteiger partial charge in [0.2, 0.25) is 0 Å². The first-order valence-corrected chi connectivity index (χ1v) is 12.4. The van der Waals surface area contributed by atoms with Crippen molar-refractivity contribution in [3.8, 4) is 0 Å². The molecule has 0 bridgehead atoms. The Balaban J connectivity index is 4.36. The van der Waals surface area contributed by atoms with Crippen molar-refractivity contribution in [2.24, 2.45) is 5.92 Å². The van der Waals surface area contributed by atoms with E-state index in [1.807, 2.05) is 13.8 Å². The maximum Gasteiger partial charge on any atom is 0.331 e. The van der Waals surface area contributed by atoms with E-state index in [0.717, 1.165) is 6.04 Å². The van der Waals surface area contributed by atoms with Gasteiger partial charge in [-0.2, -0.15) is 0 Å². The van der Waals surface area contributed by atoms with Gasteiger partial charge in [0, 0.05) is 26.3 Å². The Hall–Kier alpha value is 0.207. The minimum atomic E-state index is -3.02. The molecule has 2 N–H and O–H groups in total. The molecule has 24 heavy (non-hydrogen) atoms. The summed E-state index contributed by atoms with van der Waals surface area (Å²) in [6, 6.07) is 0.737. The van der Waals surface area contributed by atoms with Crippen LogP contribution < -0.4 is 5.32 Å². The number of hydrogen-bond acceptors (Lipinski definition) is 7. The van der Waals surface area contributed by atoms with Gasteiger partial charge >= 0.3 is 16.9 Å². The number of rotatable bonds is 16. The Kier molecular flexibility index (Phi) is 14.5. The Morgan fingerprint density at radius 2 is 1.58 bits per heavy atom. The van der Waals surface area contributed by atoms with Crippen LogP contribution in [-0.4, -0.2) is 66.2 Å². The van der Waals surface area contributed by atoms with Crippen molar-refractivity contribution in [2.45, 2.75) is 46.8 Å². The van der Waals surface area contributed by atoms with Crippen molar-refractivity contribution < 1.29 is 27.6 Å². The molecule has 0 spiro atoms. The van der Waals surface area contributed by atoms with E-state index in [1.54, 1.807) is 20.8 Å². The van der Waals surface area contributed by atoms with Gasteiger partial charge in [0.25, 0.3) is 0 Å². The van der Waals surface area contributed by atoms with E-state index < -0.39 is 23.0 Å². The third-order valence-electron chi connectivity index (χ3n) is 3.50. The second-order valence-electron chi connectivity index (χ2n) is 5.45. The molecule has 0 aromatic heterocycles. The molecule has 0 fully saturated rings. The molecule has 0 aliphatic rings. The average molecular weight is 386 g/mol. The molecule has 2 atom stereocenters. The zero-order valence-corrected chi connectivity index (χ0v) is 17.9. The molecule has 146 valence electrons. The molecule has 0 aliphatic heterocycles. The monoisotopic (exact) mass is 385 g/mol. The van der Waals surface area contributed by atoms with Crippen LogP contribution >= 0.6 is 7.60 Å². The molecule has 0 aliphatic carbocycles. The van der Waals surface area contributed by atoms with E-state index in [4.69, 9.17) is 17.9 Å². The van der Waals surface area contributed by atoms with Gasteiger partial charge in [-0.15, -0.1) is 0 Å². The lowest BCUT2D eigenvalue weighted by Crippen LogP contribution is -2.36. The van der Waals surface area contributed by atoms with E-state index in [-0.39, 0.29) is 5.92 Å². The van der Waals surface area contributed by atoms with Crippen LogP contribution in [0.3, 0.4) is 0 Å². The van der Waals surface area contributed by atoms with Crippen molar-refractivity contribution in [3.05, 3.63) is 0 Å². The SMILES string of the molecule is CCO[SiH](CC(CNCCP(=O)(OCC)OCC)C(C)O)OCC. The summed E-state index contributed by atoms with van der Waals surface area (Å²) < 4.78 is 34.3. The van der Waals surface area contributed by atoms with Gasteiger partial charge in [0.1, 0.15) is 0 Å². The molecule has 7 nitrogen and oxygen atoms in total. The molecule has 0 aromatic carbocycles. The quantitative estimate of drug-likeness (QED) is 0.239. The Morgan fingerprint density at radius 1 is 1.04 bits per heavy atom. The van der Waals surface area contributed by atoms with Crippen molar-refractivity contribution in [3.63, 3.8) is 0 Å². The second-order valence-corrected chi connectivity index (χ2v) is 9.63. The van der Waals surface area contributed by atoms with Crippen molar-refractivity contribution in [1.29, 1.82) is 0 Å². The van der Waals surface area contributed by atoms with Gasteiger partial charge in [-0.25, -0.2) is 0 Å². The minimum absolute atomic E-state index is 0.0401. The molecular formula is C15H36NO6PSi. The summed E-state index contributed by atoms with van der Waals surface area (Å²) in [4.78, 5) is 0. The van der Waals surface area contributed by atoms with E-state index in [9.17, 15) is 9.67 Å². The van der Waals surface area contributed by atoms with Gasteiger partial charge in [-0.1, -0.05) is 0 Å². The minimum Gasteiger partial charge on any atom is -0.397 e. The lowest BCUT2D eigenvalue weighted by Gasteiger charge is -2.25. The third-order valence-corrected chi connectivity index (χ3v) is 7.98. The molecule has 0 heterocycles. The summed E-state index contributed by atoms with van der Waals surface area (Å²) in [7, 11) is -4.78. The van der Waals surface area contributed by atoms with E-state index in [1.165, 1.54) is 0 Å². The number of hydrogen-bond donors (Lipinski definition) is 2. The fraction of sp³-hybridized carbons (Fsp3) is 1.00. The molecular weight excluding hydrogens is 349 g/mol. The second kappa shape index (κ2) is 14.4. The highest BCUT2D eigenvalue weighted by Crippen LogP contribution is 2.47. The molecule has 0 radical (unpaired) electrons. The molecule has 9 heteroatoms. The largest absolute Gasteiger partial charge is 0.397 e. The third kappa shape index (κ3) is 10.9. The van der Waals surface area contributed by atoms with Gasteiger partial charge in [0.05, 0.1) is 25.5 Å². The maximum absolute atomic E-state index is 12.4. The predicted molar refractivity (Wildman–Crippen MR) is 99.0 cm³/mol. The lowest BCUT2D eigenvalue weighted by molar-refractivity contribution is 0.123. The smallest absolute Gasteiger partial charge is 0.331 e. The fourth-order valence-electron chi connectivity index (χ4n) is 2.32. The number of aliphatic hydroxyl groups excluding tert-OH is 1.